The maximum absolute atomic E-state index is 12.9. The molecular weight excluding hydrogens is 432 g/mol. The molecule has 0 saturated carbocycles. The topological polar surface area (TPSA) is 85.8 Å². The first-order valence-corrected chi connectivity index (χ1v) is 11.4. The minimum atomic E-state index is -0.293. The first-order chi connectivity index (χ1) is 16.6. The third-order valence-corrected chi connectivity index (χ3v) is 5.92. The van der Waals surface area contributed by atoms with E-state index >= 15 is 0 Å². The van der Waals surface area contributed by atoms with Crippen molar-refractivity contribution in [2.75, 3.05) is 44.6 Å². The molecule has 178 valence electrons. The monoisotopic (exact) mass is 462 g/mol. The van der Waals surface area contributed by atoms with E-state index in [2.05, 4.69) is 20.4 Å². The van der Waals surface area contributed by atoms with Crippen molar-refractivity contribution in [2.24, 2.45) is 0 Å². The summed E-state index contributed by atoms with van der Waals surface area (Å²) in [5.74, 6) is 1.89. The highest BCUT2D eigenvalue weighted by atomic mass is 16.5. The molecule has 2 heterocycles. The molecule has 4 rings (SSSR count). The van der Waals surface area contributed by atoms with Crippen LogP contribution in [0.15, 0.2) is 48.5 Å². The van der Waals surface area contributed by atoms with Crippen LogP contribution in [0.3, 0.4) is 0 Å². The van der Waals surface area contributed by atoms with Crippen LogP contribution >= 0.6 is 0 Å². The first-order valence-electron chi connectivity index (χ1n) is 11.4. The maximum Gasteiger partial charge on any atom is 0.255 e. The lowest BCUT2D eigenvalue weighted by Gasteiger charge is -2.20. The van der Waals surface area contributed by atoms with Gasteiger partial charge in [0.1, 0.15) is 0 Å². The summed E-state index contributed by atoms with van der Waals surface area (Å²) < 4.78 is 16.0. The summed E-state index contributed by atoms with van der Waals surface area (Å²) in [6, 6.07) is 14.8. The van der Waals surface area contributed by atoms with E-state index in [1.165, 1.54) is 47.0 Å². The van der Waals surface area contributed by atoms with Gasteiger partial charge < -0.3 is 24.4 Å². The predicted octanol–water partition coefficient (Wildman–Crippen LogP) is 4.80. The average Bonchev–Trinajstić information content (AvgIpc) is 3.17. The Morgan fingerprint density at radius 2 is 1.56 bits per heavy atom. The number of nitrogens with zero attached hydrogens (tertiary/aromatic N) is 3. The minimum absolute atomic E-state index is 0.293. The largest absolute Gasteiger partial charge is 0.493 e. The van der Waals surface area contributed by atoms with Crippen molar-refractivity contribution < 1.29 is 19.0 Å². The number of amides is 1. The molecule has 1 saturated heterocycles. The maximum atomic E-state index is 12.9. The van der Waals surface area contributed by atoms with E-state index in [1.807, 2.05) is 36.4 Å². The van der Waals surface area contributed by atoms with E-state index in [-0.39, 0.29) is 5.91 Å². The van der Waals surface area contributed by atoms with Crippen molar-refractivity contribution in [1.82, 2.24) is 10.2 Å². The zero-order valence-electron chi connectivity index (χ0n) is 19.8. The Morgan fingerprint density at radius 1 is 0.853 bits per heavy atom. The van der Waals surface area contributed by atoms with Gasteiger partial charge in [0.05, 0.1) is 27.0 Å². The Morgan fingerprint density at radius 3 is 2.15 bits per heavy atom. The molecule has 0 aliphatic carbocycles. The van der Waals surface area contributed by atoms with E-state index in [0.717, 1.165) is 30.2 Å². The molecule has 1 fully saturated rings. The number of methoxy groups -OCH3 is 3. The number of hydrogen-bond donors (Lipinski definition) is 1. The van der Waals surface area contributed by atoms with E-state index in [9.17, 15) is 4.79 Å². The Bertz CT molecular complexity index is 1100. The normalized spacial score (nSPS) is 13.7. The summed E-state index contributed by atoms with van der Waals surface area (Å²) in [5.41, 5.74) is 2.66. The number of aromatic nitrogens is 2. The van der Waals surface area contributed by atoms with E-state index in [4.69, 9.17) is 14.2 Å². The second-order valence-electron chi connectivity index (χ2n) is 8.13. The van der Waals surface area contributed by atoms with Gasteiger partial charge in [0.2, 0.25) is 5.75 Å². The zero-order valence-corrected chi connectivity index (χ0v) is 19.8. The standard InChI is InChI=1S/C26H30N4O4/c1-32-22-16-19(17-23(33-2)25(22)34-3)26(31)27-20-10-8-9-18(15-20)21-11-12-24(29-28-21)30-13-6-4-5-7-14-30/h8-12,15-17H,4-7,13-14H2,1-3H3,(H,27,31). The fourth-order valence-electron chi connectivity index (χ4n) is 4.12. The minimum Gasteiger partial charge on any atom is -0.493 e. The molecular formula is C26H30N4O4. The summed E-state index contributed by atoms with van der Waals surface area (Å²) in [5, 5.41) is 11.8. The molecule has 1 N–H and O–H groups in total. The van der Waals surface area contributed by atoms with Crippen LogP contribution in [0.25, 0.3) is 11.3 Å². The molecule has 0 bridgehead atoms. The average molecular weight is 463 g/mol. The number of carbonyl (C=O) groups excluding carboxylic acids is 1. The van der Waals surface area contributed by atoms with Crippen LogP contribution in [0.4, 0.5) is 11.5 Å². The molecule has 8 nitrogen and oxygen atoms in total. The quantitative estimate of drug-likeness (QED) is 0.540. The summed E-state index contributed by atoms with van der Waals surface area (Å²) in [6.45, 7) is 2.05. The van der Waals surface area contributed by atoms with Crippen molar-refractivity contribution in [3.8, 4) is 28.5 Å². The fourth-order valence-corrected chi connectivity index (χ4v) is 4.12. The van der Waals surface area contributed by atoms with Gasteiger partial charge in [-0.3, -0.25) is 4.79 Å². The number of anilines is 2. The Hall–Kier alpha value is -3.81. The van der Waals surface area contributed by atoms with Crippen molar-refractivity contribution in [2.45, 2.75) is 25.7 Å². The molecule has 1 aliphatic rings. The van der Waals surface area contributed by atoms with E-state index < -0.39 is 0 Å². The van der Waals surface area contributed by atoms with E-state index in [0.29, 0.717) is 28.5 Å². The van der Waals surface area contributed by atoms with Crippen LogP contribution in [0, 0.1) is 0 Å². The third-order valence-electron chi connectivity index (χ3n) is 5.92. The molecule has 0 spiro atoms. The van der Waals surface area contributed by atoms with Gasteiger partial charge in [-0.1, -0.05) is 25.0 Å². The lowest BCUT2D eigenvalue weighted by molar-refractivity contribution is 0.102. The van der Waals surface area contributed by atoms with Crippen molar-refractivity contribution in [1.29, 1.82) is 0 Å². The van der Waals surface area contributed by atoms with Crippen LogP contribution in [0.5, 0.6) is 17.2 Å². The van der Waals surface area contributed by atoms with Crippen molar-refractivity contribution in [3.63, 3.8) is 0 Å². The lowest BCUT2D eigenvalue weighted by atomic mass is 10.1. The smallest absolute Gasteiger partial charge is 0.255 e. The molecule has 0 atom stereocenters. The van der Waals surface area contributed by atoms with Crippen LogP contribution in [-0.4, -0.2) is 50.5 Å². The van der Waals surface area contributed by atoms with Crippen LogP contribution in [0.1, 0.15) is 36.0 Å². The molecule has 2 aromatic carbocycles. The molecule has 0 radical (unpaired) electrons. The van der Waals surface area contributed by atoms with Crippen LogP contribution in [0.2, 0.25) is 0 Å². The lowest BCUT2D eigenvalue weighted by Crippen LogP contribution is -2.25. The van der Waals surface area contributed by atoms with Gasteiger partial charge in [-0.15, -0.1) is 10.2 Å². The summed E-state index contributed by atoms with van der Waals surface area (Å²) in [6.07, 6.45) is 4.93. The number of ether oxygens (including phenoxy) is 3. The Labute approximate surface area is 199 Å². The fraction of sp³-hybridized carbons (Fsp3) is 0.346. The zero-order chi connectivity index (χ0) is 23.9. The number of rotatable bonds is 7. The van der Waals surface area contributed by atoms with Gasteiger partial charge in [0, 0.05) is 29.9 Å². The number of benzene rings is 2. The second-order valence-corrected chi connectivity index (χ2v) is 8.13. The molecule has 3 aromatic rings. The highest BCUT2D eigenvalue weighted by Crippen LogP contribution is 2.38. The summed E-state index contributed by atoms with van der Waals surface area (Å²) in [4.78, 5) is 15.3. The summed E-state index contributed by atoms with van der Waals surface area (Å²) >= 11 is 0. The Balaban J connectivity index is 1.51. The molecule has 1 amide bonds. The number of carbonyl (C=O) groups is 1. The SMILES string of the molecule is COc1cc(C(=O)Nc2cccc(-c3ccc(N4CCCCCC4)nn3)c2)cc(OC)c1OC. The third kappa shape index (κ3) is 5.22. The van der Waals surface area contributed by atoms with Crippen molar-refractivity contribution >= 4 is 17.4 Å². The van der Waals surface area contributed by atoms with Crippen LogP contribution in [-0.2, 0) is 0 Å². The van der Waals surface area contributed by atoms with E-state index in [1.54, 1.807) is 12.1 Å². The first kappa shape index (κ1) is 23.4. The van der Waals surface area contributed by atoms with Gasteiger partial charge in [0.15, 0.2) is 17.3 Å². The Kier molecular flexibility index (Phi) is 7.47. The molecule has 0 unspecified atom stereocenters. The summed E-state index contributed by atoms with van der Waals surface area (Å²) in [7, 11) is 4.55. The van der Waals surface area contributed by atoms with Crippen LogP contribution < -0.4 is 24.4 Å². The second kappa shape index (κ2) is 10.9. The molecule has 34 heavy (non-hydrogen) atoms. The molecule has 8 heteroatoms. The highest BCUT2D eigenvalue weighted by molar-refractivity contribution is 6.05. The van der Waals surface area contributed by atoms with Gasteiger partial charge >= 0.3 is 0 Å². The highest BCUT2D eigenvalue weighted by Gasteiger charge is 2.17. The predicted molar refractivity (Wildman–Crippen MR) is 132 cm³/mol. The van der Waals surface area contributed by atoms with Gasteiger partial charge in [-0.25, -0.2) is 0 Å². The number of hydrogen-bond acceptors (Lipinski definition) is 7. The van der Waals surface area contributed by atoms with Gasteiger partial charge in [0.25, 0.3) is 5.91 Å². The molecule has 1 aromatic heterocycles. The van der Waals surface area contributed by atoms with Gasteiger partial charge in [-0.2, -0.15) is 0 Å². The van der Waals surface area contributed by atoms with Gasteiger partial charge in [-0.05, 0) is 49.2 Å². The number of nitrogens with one attached hydrogen (secondary N) is 1. The van der Waals surface area contributed by atoms with Crippen molar-refractivity contribution in [3.05, 3.63) is 54.1 Å². The molecule has 1 aliphatic heterocycles.